The molecule has 1 heterocycles. The fourth-order valence-electron chi connectivity index (χ4n) is 1.42. The van der Waals surface area contributed by atoms with Crippen LogP contribution in [0.3, 0.4) is 0 Å². The van der Waals surface area contributed by atoms with Crippen LogP contribution in [0.2, 0.25) is 0 Å². The molecule has 0 aliphatic carbocycles. The zero-order valence-electron chi connectivity index (χ0n) is 10.3. The van der Waals surface area contributed by atoms with Gasteiger partial charge in [0.15, 0.2) is 5.11 Å². The van der Waals surface area contributed by atoms with E-state index >= 15 is 0 Å². The largest absolute Gasteiger partial charge is 0.495 e. The zero-order valence-corrected chi connectivity index (χ0v) is 11.1. The highest BCUT2D eigenvalue weighted by Crippen LogP contribution is 2.22. The molecule has 98 valence electrons. The van der Waals surface area contributed by atoms with E-state index in [0.29, 0.717) is 16.6 Å². The molecule has 0 atom stereocenters. The fourth-order valence-corrected chi connectivity index (χ4v) is 1.58. The Hall–Kier alpha value is -2.34. The first-order valence-electron chi connectivity index (χ1n) is 5.56. The summed E-state index contributed by atoms with van der Waals surface area (Å²) in [6.07, 6.45) is 3.11. The van der Waals surface area contributed by atoms with E-state index in [2.05, 4.69) is 15.8 Å². The first-order chi connectivity index (χ1) is 9.29. The van der Waals surface area contributed by atoms with Gasteiger partial charge in [-0.05, 0) is 36.5 Å². The molecule has 0 bridgehead atoms. The fraction of sp³-hybridized carbons (Fsp3) is 0.0769. The van der Waals surface area contributed by atoms with Gasteiger partial charge in [-0.15, -0.1) is 0 Å². The van der Waals surface area contributed by atoms with Crippen molar-refractivity contribution in [3.8, 4) is 5.75 Å². The molecule has 0 aliphatic rings. The van der Waals surface area contributed by atoms with E-state index in [-0.39, 0.29) is 0 Å². The van der Waals surface area contributed by atoms with Crippen LogP contribution < -0.4 is 15.5 Å². The van der Waals surface area contributed by atoms with Gasteiger partial charge in [0.2, 0.25) is 0 Å². The summed E-state index contributed by atoms with van der Waals surface area (Å²) < 4.78 is 10.3. The number of hydrazone groups is 1. The van der Waals surface area contributed by atoms with Crippen molar-refractivity contribution in [2.45, 2.75) is 0 Å². The number of thiocarbonyl (C=S) groups is 1. The number of ether oxygens (including phenoxy) is 1. The number of para-hydroxylation sites is 2. The Labute approximate surface area is 116 Å². The summed E-state index contributed by atoms with van der Waals surface area (Å²) in [6.45, 7) is 0. The molecule has 1 aromatic heterocycles. The van der Waals surface area contributed by atoms with Crippen molar-refractivity contribution >= 4 is 29.2 Å². The smallest absolute Gasteiger partial charge is 0.191 e. The predicted molar refractivity (Wildman–Crippen MR) is 78.7 cm³/mol. The van der Waals surface area contributed by atoms with Crippen molar-refractivity contribution < 1.29 is 9.15 Å². The molecular formula is C13H13N3O2S. The normalized spacial score (nSPS) is 10.4. The highest BCUT2D eigenvalue weighted by molar-refractivity contribution is 7.80. The third-order valence-electron chi connectivity index (χ3n) is 2.26. The molecule has 1 aromatic carbocycles. The van der Waals surface area contributed by atoms with Crippen molar-refractivity contribution in [3.05, 3.63) is 48.4 Å². The summed E-state index contributed by atoms with van der Waals surface area (Å²) in [5, 5.41) is 7.31. The standard InChI is InChI=1S/C13H13N3O2S/c1-17-12-7-3-2-6-11(12)15-13(19)16-14-9-10-5-4-8-18-10/h2-9H,1H3,(H2,15,16,19)/b14-9+. The van der Waals surface area contributed by atoms with E-state index in [1.807, 2.05) is 24.3 Å². The number of benzene rings is 1. The minimum Gasteiger partial charge on any atom is -0.495 e. The number of hydrogen-bond donors (Lipinski definition) is 2. The highest BCUT2D eigenvalue weighted by Gasteiger charge is 2.02. The lowest BCUT2D eigenvalue weighted by Gasteiger charge is -2.10. The van der Waals surface area contributed by atoms with Gasteiger partial charge >= 0.3 is 0 Å². The molecule has 0 aliphatic heterocycles. The summed E-state index contributed by atoms with van der Waals surface area (Å²) >= 11 is 5.12. The summed E-state index contributed by atoms with van der Waals surface area (Å²) in [4.78, 5) is 0. The van der Waals surface area contributed by atoms with Crippen molar-refractivity contribution in [2.24, 2.45) is 5.10 Å². The molecule has 19 heavy (non-hydrogen) atoms. The van der Waals surface area contributed by atoms with E-state index in [4.69, 9.17) is 21.4 Å². The molecule has 0 fully saturated rings. The number of nitrogens with one attached hydrogen (secondary N) is 2. The van der Waals surface area contributed by atoms with Gasteiger partial charge in [-0.1, -0.05) is 12.1 Å². The highest BCUT2D eigenvalue weighted by atomic mass is 32.1. The third kappa shape index (κ3) is 3.82. The van der Waals surface area contributed by atoms with Crippen molar-refractivity contribution in [1.82, 2.24) is 5.43 Å². The molecule has 2 rings (SSSR count). The SMILES string of the molecule is COc1ccccc1NC(=S)N/N=C/c1ccco1. The van der Waals surface area contributed by atoms with Gasteiger partial charge in [-0.25, -0.2) is 0 Å². The summed E-state index contributed by atoms with van der Waals surface area (Å²) in [7, 11) is 1.60. The van der Waals surface area contributed by atoms with Crippen LogP contribution in [0.5, 0.6) is 5.75 Å². The zero-order chi connectivity index (χ0) is 13.5. The van der Waals surface area contributed by atoms with E-state index < -0.39 is 0 Å². The van der Waals surface area contributed by atoms with Crippen molar-refractivity contribution in [2.75, 3.05) is 12.4 Å². The second-order valence-corrected chi connectivity index (χ2v) is 3.95. The first kappa shape index (κ1) is 13.1. The molecule has 0 radical (unpaired) electrons. The Morgan fingerprint density at radius 1 is 1.32 bits per heavy atom. The second kappa shape index (κ2) is 6.55. The number of furan rings is 1. The van der Waals surface area contributed by atoms with Crippen LogP contribution in [0.15, 0.2) is 52.2 Å². The molecular weight excluding hydrogens is 262 g/mol. The topological polar surface area (TPSA) is 58.8 Å². The predicted octanol–water partition coefficient (Wildman–Crippen LogP) is 2.61. The first-order valence-corrected chi connectivity index (χ1v) is 5.97. The Morgan fingerprint density at radius 2 is 2.16 bits per heavy atom. The van der Waals surface area contributed by atoms with Crippen LogP contribution in [-0.2, 0) is 0 Å². The average molecular weight is 275 g/mol. The van der Waals surface area contributed by atoms with Gasteiger partial charge in [0.25, 0.3) is 0 Å². The van der Waals surface area contributed by atoms with Gasteiger partial charge in [-0.3, -0.25) is 5.43 Å². The Kier molecular flexibility index (Phi) is 4.52. The molecule has 0 saturated carbocycles. The molecule has 5 nitrogen and oxygen atoms in total. The van der Waals surface area contributed by atoms with Crippen LogP contribution in [0.25, 0.3) is 0 Å². The monoisotopic (exact) mass is 275 g/mol. The van der Waals surface area contributed by atoms with E-state index in [1.165, 1.54) is 6.21 Å². The minimum absolute atomic E-state index is 0.368. The number of hydrogen-bond acceptors (Lipinski definition) is 4. The van der Waals surface area contributed by atoms with Crippen molar-refractivity contribution in [1.29, 1.82) is 0 Å². The van der Waals surface area contributed by atoms with Crippen LogP contribution in [0.1, 0.15) is 5.76 Å². The van der Waals surface area contributed by atoms with Crippen LogP contribution in [-0.4, -0.2) is 18.4 Å². The Bertz CT molecular complexity index is 567. The van der Waals surface area contributed by atoms with Crippen LogP contribution in [0.4, 0.5) is 5.69 Å². The van der Waals surface area contributed by atoms with Gasteiger partial charge in [0.05, 0.1) is 25.3 Å². The maximum atomic E-state index is 5.21. The minimum atomic E-state index is 0.368. The molecule has 0 unspecified atom stereocenters. The Balaban J connectivity index is 1.91. The van der Waals surface area contributed by atoms with E-state index in [9.17, 15) is 0 Å². The average Bonchev–Trinajstić information content (AvgIpc) is 2.92. The maximum Gasteiger partial charge on any atom is 0.191 e. The molecule has 2 N–H and O–H groups in total. The summed E-state index contributed by atoms with van der Waals surface area (Å²) in [5.41, 5.74) is 3.47. The summed E-state index contributed by atoms with van der Waals surface area (Å²) in [6, 6.07) is 11.1. The number of methoxy groups -OCH3 is 1. The van der Waals surface area contributed by atoms with Gasteiger partial charge in [-0.2, -0.15) is 5.10 Å². The Morgan fingerprint density at radius 3 is 2.89 bits per heavy atom. The van der Waals surface area contributed by atoms with Gasteiger partial charge < -0.3 is 14.5 Å². The maximum absolute atomic E-state index is 5.21. The number of anilines is 1. The lowest BCUT2D eigenvalue weighted by atomic mass is 10.3. The number of nitrogens with zero attached hydrogens (tertiary/aromatic N) is 1. The lowest BCUT2D eigenvalue weighted by molar-refractivity contribution is 0.417. The molecule has 0 saturated heterocycles. The van der Waals surface area contributed by atoms with Crippen LogP contribution in [0, 0.1) is 0 Å². The van der Waals surface area contributed by atoms with E-state index in [0.717, 1.165) is 5.69 Å². The molecule has 0 spiro atoms. The molecule has 2 aromatic rings. The quantitative estimate of drug-likeness (QED) is 0.510. The van der Waals surface area contributed by atoms with Crippen LogP contribution >= 0.6 is 12.2 Å². The number of rotatable bonds is 4. The second-order valence-electron chi connectivity index (χ2n) is 3.54. The van der Waals surface area contributed by atoms with E-state index in [1.54, 1.807) is 25.5 Å². The van der Waals surface area contributed by atoms with Crippen molar-refractivity contribution in [3.63, 3.8) is 0 Å². The van der Waals surface area contributed by atoms with Gasteiger partial charge in [0, 0.05) is 0 Å². The van der Waals surface area contributed by atoms with Gasteiger partial charge in [0.1, 0.15) is 11.5 Å². The lowest BCUT2D eigenvalue weighted by Crippen LogP contribution is -2.24. The summed E-state index contributed by atoms with van der Waals surface area (Å²) in [5.74, 6) is 1.36. The third-order valence-corrected chi connectivity index (χ3v) is 2.45. The molecule has 0 amide bonds. The molecule has 6 heteroatoms.